The maximum absolute atomic E-state index is 9.63. The van der Waals surface area contributed by atoms with Gasteiger partial charge in [0.2, 0.25) is 0 Å². The standard InChI is InChI=1S/C9H17NOS/c11-9(1-2-9)3-4-10-5-7-12-8-6-10/h11H,1-8H2. The van der Waals surface area contributed by atoms with E-state index in [0.717, 1.165) is 25.8 Å². The molecule has 0 aromatic rings. The Hall–Kier alpha value is 0.270. The fourth-order valence-electron chi connectivity index (χ4n) is 1.59. The maximum Gasteiger partial charge on any atom is 0.0662 e. The Bertz CT molecular complexity index is 153. The first kappa shape index (κ1) is 8.85. The molecule has 3 heteroatoms. The van der Waals surface area contributed by atoms with Crippen molar-refractivity contribution in [2.24, 2.45) is 0 Å². The van der Waals surface area contributed by atoms with Crippen LogP contribution in [-0.4, -0.2) is 46.7 Å². The highest BCUT2D eigenvalue weighted by atomic mass is 32.2. The molecule has 0 amide bonds. The molecular weight excluding hydrogens is 170 g/mol. The highest BCUT2D eigenvalue weighted by molar-refractivity contribution is 7.99. The van der Waals surface area contributed by atoms with Gasteiger partial charge in [-0.3, -0.25) is 0 Å². The van der Waals surface area contributed by atoms with E-state index in [-0.39, 0.29) is 5.60 Å². The first-order valence-electron chi connectivity index (χ1n) is 4.81. The van der Waals surface area contributed by atoms with E-state index in [1.54, 1.807) is 0 Å². The highest BCUT2D eigenvalue weighted by Gasteiger charge is 2.39. The molecule has 1 saturated carbocycles. The summed E-state index contributed by atoms with van der Waals surface area (Å²) in [6.45, 7) is 3.55. The summed E-state index contributed by atoms with van der Waals surface area (Å²) < 4.78 is 0. The number of nitrogens with zero attached hydrogens (tertiary/aromatic N) is 1. The van der Waals surface area contributed by atoms with Gasteiger partial charge in [-0.1, -0.05) is 0 Å². The molecule has 1 aliphatic heterocycles. The SMILES string of the molecule is OC1(CCN2CCSCC2)CC1. The summed E-state index contributed by atoms with van der Waals surface area (Å²) >= 11 is 2.04. The molecule has 2 nitrogen and oxygen atoms in total. The van der Waals surface area contributed by atoms with Crippen LogP contribution in [0.2, 0.25) is 0 Å². The molecule has 0 bridgehead atoms. The minimum Gasteiger partial charge on any atom is -0.390 e. The van der Waals surface area contributed by atoms with Crippen molar-refractivity contribution >= 4 is 11.8 Å². The molecule has 2 rings (SSSR count). The number of aliphatic hydroxyl groups is 1. The maximum atomic E-state index is 9.63. The van der Waals surface area contributed by atoms with E-state index in [1.165, 1.54) is 24.6 Å². The van der Waals surface area contributed by atoms with Gasteiger partial charge < -0.3 is 10.0 Å². The fourth-order valence-corrected chi connectivity index (χ4v) is 2.56. The molecule has 1 saturated heterocycles. The van der Waals surface area contributed by atoms with Crippen molar-refractivity contribution in [2.45, 2.75) is 24.9 Å². The second kappa shape index (κ2) is 3.56. The fraction of sp³-hybridized carbons (Fsp3) is 1.00. The summed E-state index contributed by atoms with van der Waals surface area (Å²) in [5.41, 5.74) is -0.245. The predicted octanol–water partition coefficient (Wildman–Crippen LogP) is 0.950. The smallest absolute Gasteiger partial charge is 0.0662 e. The van der Waals surface area contributed by atoms with Gasteiger partial charge >= 0.3 is 0 Å². The molecule has 2 fully saturated rings. The molecule has 1 aliphatic carbocycles. The van der Waals surface area contributed by atoms with Crippen molar-refractivity contribution < 1.29 is 5.11 Å². The Morgan fingerprint density at radius 3 is 2.50 bits per heavy atom. The van der Waals surface area contributed by atoms with Crippen molar-refractivity contribution in [3.05, 3.63) is 0 Å². The molecular formula is C9H17NOS. The Morgan fingerprint density at radius 1 is 1.25 bits per heavy atom. The van der Waals surface area contributed by atoms with Crippen LogP contribution in [-0.2, 0) is 0 Å². The Morgan fingerprint density at radius 2 is 1.92 bits per heavy atom. The van der Waals surface area contributed by atoms with Crippen LogP contribution in [0.1, 0.15) is 19.3 Å². The van der Waals surface area contributed by atoms with Crippen LogP contribution in [0.15, 0.2) is 0 Å². The Labute approximate surface area is 78.3 Å². The molecule has 1 N–H and O–H groups in total. The summed E-state index contributed by atoms with van der Waals surface area (Å²) in [5.74, 6) is 2.55. The van der Waals surface area contributed by atoms with E-state index >= 15 is 0 Å². The number of hydrogen-bond donors (Lipinski definition) is 1. The lowest BCUT2D eigenvalue weighted by Gasteiger charge is -2.26. The van der Waals surface area contributed by atoms with Crippen LogP contribution in [0, 0.1) is 0 Å². The average molecular weight is 187 g/mol. The zero-order chi connectivity index (χ0) is 8.44. The van der Waals surface area contributed by atoms with Crippen LogP contribution in [0.25, 0.3) is 0 Å². The minimum atomic E-state index is -0.245. The minimum absolute atomic E-state index is 0.245. The zero-order valence-corrected chi connectivity index (χ0v) is 8.28. The molecule has 0 unspecified atom stereocenters. The molecule has 0 spiro atoms. The quantitative estimate of drug-likeness (QED) is 0.711. The van der Waals surface area contributed by atoms with Crippen molar-refractivity contribution in [1.29, 1.82) is 0 Å². The summed E-state index contributed by atoms with van der Waals surface area (Å²) in [6.07, 6.45) is 3.07. The Kier molecular flexibility index (Phi) is 2.63. The van der Waals surface area contributed by atoms with E-state index in [1.807, 2.05) is 11.8 Å². The summed E-state index contributed by atoms with van der Waals surface area (Å²) in [4.78, 5) is 2.48. The van der Waals surface area contributed by atoms with Crippen LogP contribution in [0.4, 0.5) is 0 Å². The van der Waals surface area contributed by atoms with Gasteiger partial charge in [0, 0.05) is 31.1 Å². The van der Waals surface area contributed by atoms with Gasteiger partial charge in [-0.05, 0) is 19.3 Å². The summed E-state index contributed by atoms with van der Waals surface area (Å²) in [5, 5.41) is 9.63. The van der Waals surface area contributed by atoms with Gasteiger partial charge in [0.1, 0.15) is 0 Å². The van der Waals surface area contributed by atoms with Gasteiger partial charge in [0.25, 0.3) is 0 Å². The molecule has 0 aromatic carbocycles. The lowest BCUT2D eigenvalue weighted by atomic mass is 10.2. The lowest BCUT2D eigenvalue weighted by molar-refractivity contribution is 0.121. The van der Waals surface area contributed by atoms with Gasteiger partial charge in [-0.15, -0.1) is 0 Å². The number of thioether (sulfide) groups is 1. The normalized spacial score (nSPS) is 28.8. The molecule has 1 heterocycles. The molecule has 70 valence electrons. The zero-order valence-electron chi connectivity index (χ0n) is 7.46. The Balaban J connectivity index is 1.65. The topological polar surface area (TPSA) is 23.5 Å². The average Bonchev–Trinajstić information content (AvgIpc) is 2.84. The molecule has 0 aromatic heterocycles. The van der Waals surface area contributed by atoms with E-state index in [4.69, 9.17) is 0 Å². The van der Waals surface area contributed by atoms with E-state index < -0.39 is 0 Å². The first-order chi connectivity index (χ1) is 5.79. The van der Waals surface area contributed by atoms with Crippen LogP contribution in [0.3, 0.4) is 0 Å². The molecule has 12 heavy (non-hydrogen) atoms. The molecule has 0 radical (unpaired) electrons. The van der Waals surface area contributed by atoms with Crippen molar-refractivity contribution in [3.8, 4) is 0 Å². The third kappa shape index (κ3) is 2.38. The third-order valence-corrected chi connectivity index (χ3v) is 3.77. The van der Waals surface area contributed by atoms with Crippen LogP contribution >= 0.6 is 11.8 Å². The van der Waals surface area contributed by atoms with Crippen molar-refractivity contribution in [1.82, 2.24) is 4.90 Å². The van der Waals surface area contributed by atoms with Gasteiger partial charge in [-0.25, -0.2) is 0 Å². The lowest BCUT2D eigenvalue weighted by Crippen LogP contribution is -2.35. The number of hydrogen-bond acceptors (Lipinski definition) is 3. The second-order valence-electron chi connectivity index (χ2n) is 3.93. The number of rotatable bonds is 3. The van der Waals surface area contributed by atoms with E-state index in [0.29, 0.717) is 0 Å². The van der Waals surface area contributed by atoms with Gasteiger partial charge in [0.05, 0.1) is 5.60 Å². The van der Waals surface area contributed by atoms with Crippen molar-refractivity contribution in [3.63, 3.8) is 0 Å². The summed E-state index contributed by atoms with van der Waals surface area (Å²) in [6, 6.07) is 0. The highest BCUT2D eigenvalue weighted by Crippen LogP contribution is 2.38. The first-order valence-corrected chi connectivity index (χ1v) is 5.97. The molecule has 2 aliphatic rings. The third-order valence-electron chi connectivity index (χ3n) is 2.82. The largest absolute Gasteiger partial charge is 0.390 e. The monoisotopic (exact) mass is 187 g/mol. The second-order valence-corrected chi connectivity index (χ2v) is 5.15. The van der Waals surface area contributed by atoms with Gasteiger partial charge in [0.15, 0.2) is 0 Å². The predicted molar refractivity (Wildman–Crippen MR) is 52.6 cm³/mol. The van der Waals surface area contributed by atoms with E-state index in [9.17, 15) is 5.11 Å². The molecule has 0 atom stereocenters. The van der Waals surface area contributed by atoms with Crippen molar-refractivity contribution in [2.75, 3.05) is 31.1 Å². The van der Waals surface area contributed by atoms with Gasteiger partial charge in [-0.2, -0.15) is 11.8 Å². The van der Waals surface area contributed by atoms with Crippen LogP contribution in [0.5, 0.6) is 0 Å². The van der Waals surface area contributed by atoms with Crippen LogP contribution < -0.4 is 0 Å². The summed E-state index contributed by atoms with van der Waals surface area (Å²) in [7, 11) is 0. The van der Waals surface area contributed by atoms with E-state index in [2.05, 4.69) is 4.90 Å².